The van der Waals surface area contributed by atoms with Crippen molar-refractivity contribution < 1.29 is 0 Å². The summed E-state index contributed by atoms with van der Waals surface area (Å²) < 4.78 is 4.33. The average molecular weight is 211 g/mol. The first-order valence-corrected chi connectivity index (χ1v) is 6.13. The molecule has 1 saturated carbocycles. The van der Waals surface area contributed by atoms with Crippen LogP contribution in [0, 0.1) is 0 Å². The monoisotopic (exact) mass is 211 g/mol. The minimum atomic E-state index is 0.436. The normalized spacial score (nSPS) is 17.9. The Morgan fingerprint density at radius 1 is 1.36 bits per heavy atom. The fraction of sp³-hybridized carbons (Fsp3) is 0.800. The van der Waals surface area contributed by atoms with Crippen molar-refractivity contribution in [1.82, 2.24) is 9.36 Å². The lowest BCUT2D eigenvalue weighted by Gasteiger charge is -2.08. The topological polar surface area (TPSA) is 37.8 Å². The van der Waals surface area contributed by atoms with Gasteiger partial charge in [-0.1, -0.05) is 26.7 Å². The minimum absolute atomic E-state index is 0.436. The van der Waals surface area contributed by atoms with Crippen LogP contribution in [0.3, 0.4) is 0 Å². The molecule has 14 heavy (non-hydrogen) atoms. The molecule has 1 aromatic rings. The van der Waals surface area contributed by atoms with E-state index in [-0.39, 0.29) is 0 Å². The Bertz CT molecular complexity index is 289. The Morgan fingerprint density at radius 3 is 2.64 bits per heavy atom. The van der Waals surface area contributed by atoms with E-state index in [0.29, 0.717) is 12.0 Å². The maximum Gasteiger partial charge on any atom is 0.202 e. The molecule has 0 amide bonds. The zero-order valence-corrected chi connectivity index (χ0v) is 9.60. The molecular formula is C10H17N3S. The zero-order valence-electron chi connectivity index (χ0n) is 8.79. The number of nitrogens with zero attached hydrogens (tertiary/aromatic N) is 2. The van der Waals surface area contributed by atoms with Gasteiger partial charge in [-0.15, -0.1) is 0 Å². The van der Waals surface area contributed by atoms with Crippen LogP contribution in [0.4, 0.5) is 5.13 Å². The summed E-state index contributed by atoms with van der Waals surface area (Å²) in [6, 6.07) is 0.642. The van der Waals surface area contributed by atoms with Crippen molar-refractivity contribution >= 4 is 16.7 Å². The van der Waals surface area contributed by atoms with Gasteiger partial charge in [0.15, 0.2) is 0 Å². The van der Waals surface area contributed by atoms with Gasteiger partial charge in [-0.25, -0.2) is 4.98 Å². The van der Waals surface area contributed by atoms with E-state index in [1.165, 1.54) is 37.2 Å². The number of rotatable bonds is 3. The Hall–Kier alpha value is -0.640. The van der Waals surface area contributed by atoms with Gasteiger partial charge < -0.3 is 5.32 Å². The summed E-state index contributed by atoms with van der Waals surface area (Å²) in [5, 5.41) is 4.46. The van der Waals surface area contributed by atoms with Crippen molar-refractivity contribution in [3.05, 3.63) is 5.82 Å². The molecule has 0 spiro atoms. The van der Waals surface area contributed by atoms with E-state index in [1.807, 2.05) is 0 Å². The number of hydrogen-bond acceptors (Lipinski definition) is 4. The molecule has 1 aliphatic carbocycles. The van der Waals surface area contributed by atoms with E-state index in [9.17, 15) is 0 Å². The number of hydrogen-bond donors (Lipinski definition) is 1. The number of nitrogens with one attached hydrogen (secondary N) is 1. The quantitative estimate of drug-likeness (QED) is 0.835. The zero-order chi connectivity index (χ0) is 9.97. The van der Waals surface area contributed by atoms with Crippen molar-refractivity contribution in [3.63, 3.8) is 0 Å². The number of aromatic nitrogens is 2. The second-order valence-electron chi connectivity index (χ2n) is 4.24. The molecule has 0 unspecified atom stereocenters. The molecule has 1 N–H and O–H groups in total. The largest absolute Gasteiger partial charge is 0.358 e. The van der Waals surface area contributed by atoms with Crippen LogP contribution in [-0.4, -0.2) is 15.4 Å². The van der Waals surface area contributed by atoms with Crippen LogP contribution in [0.5, 0.6) is 0 Å². The predicted octanol–water partition coefficient (Wildman–Crippen LogP) is 3.02. The second kappa shape index (κ2) is 4.26. The summed E-state index contributed by atoms with van der Waals surface area (Å²) in [6.07, 6.45) is 5.29. The highest BCUT2D eigenvalue weighted by Crippen LogP contribution is 2.24. The molecule has 0 saturated heterocycles. The van der Waals surface area contributed by atoms with E-state index in [1.54, 1.807) is 0 Å². The second-order valence-corrected chi connectivity index (χ2v) is 4.99. The van der Waals surface area contributed by atoms with Crippen molar-refractivity contribution in [1.29, 1.82) is 0 Å². The van der Waals surface area contributed by atoms with E-state index < -0.39 is 0 Å². The lowest BCUT2D eigenvalue weighted by molar-refractivity contribution is 0.748. The van der Waals surface area contributed by atoms with Gasteiger partial charge in [-0.05, 0) is 12.8 Å². The molecular weight excluding hydrogens is 194 g/mol. The number of anilines is 1. The Morgan fingerprint density at radius 2 is 2.07 bits per heavy atom. The third-order valence-corrected chi connectivity index (χ3v) is 3.30. The summed E-state index contributed by atoms with van der Waals surface area (Å²) >= 11 is 1.49. The van der Waals surface area contributed by atoms with Gasteiger partial charge in [0.2, 0.25) is 5.13 Å². The first kappa shape index (κ1) is 9.90. The van der Waals surface area contributed by atoms with Gasteiger partial charge in [-0.3, -0.25) is 0 Å². The predicted molar refractivity (Wildman–Crippen MR) is 59.9 cm³/mol. The van der Waals surface area contributed by atoms with Gasteiger partial charge in [0.05, 0.1) is 0 Å². The maximum absolute atomic E-state index is 4.47. The van der Waals surface area contributed by atoms with Crippen molar-refractivity contribution in [2.45, 2.75) is 51.5 Å². The van der Waals surface area contributed by atoms with Crippen LogP contribution in [0.2, 0.25) is 0 Å². The molecule has 1 aliphatic rings. The molecule has 3 nitrogen and oxygen atoms in total. The smallest absolute Gasteiger partial charge is 0.202 e. The average Bonchev–Trinajstić information content (AvgIpc) is 2.75. The molecule has 1 fully saturated rings. The van der Waals surface area contributed by atoms with Crippen LogP contribution in [0.25, 0.3) is 0 Å². The van der Waals surface area contributed by atoms with Gasteiger partial charge in [0, 0.05) is 23.5 Å². The van der Waals surface area contributed by atoms with E-state index in [4.69, 9.17) is 0 Å². The first-order valence-electron chi connectivity index (χ1n) is 5.36. The standard InChI is InChI=1S/C10H17N3S/c1-7(2)9-12-10(14-13-9)11-8-5-3-4-6-8/h7-8H,3-6H2,1-2H3,(H,11,12,13). The molecule has 0 atom stereocenters. The third kappa shape index (κ3) is 2.23. The highest BCUT2D eigenvalue weighted by Gasteiger charge is 2.16. The van der Waals surface area contributed by atoms with Crippen LogP contribution >= 0.6 is 11.5 Å². The van der Waals surface area contributed by atoms with Crippen LogP contribution < -0.4 is 5.32 Å². The highest BCUT2D eigenvalue weighted by molar-refractivity contribution is 7.09. The summed E-state index contributed by atoms with van der Waals surface area (Å²) in [7, 11) is 0. The van der Waals surface area contributed by atoms with Crippen LogP contribution in [0.15, 0.2) is 0 Å². The lowest BCUT2D eigenvalue weighted by atomic mass is 10.2. The van der Waals surface area contributed by atoms with Gasteiger partial charge in [0.1, 0.15) is 5.82 Å². The van der Waals surface area contributed by atoms with E-state index in [2.05, 4.69) is 28.5 Å². The van der Waals surface area contributed by atoms with Crippen LogP contribution in [-0.2, 0) is 0 Å². The molecule has 0 radical (unpaired) electrons. The van der Waals surface area contributed by atoms with Crippen molar-refractivity contribution in [2.75, 3.05) is 5.32 Å². The fourth-order valence-corrected chi connectivity index (χ4v) is 2.56. The molecule has 1 aromatic heterocycles. The summed E-state index contributed by atoms with van der Waals surface area (Å²) in [5.74, 6) is 1.40. The molecule has 0 bridgehead atoms. The Kier molecular flexibility index (Phi) is 3.01. The molecule has 0 aromatic carbocycles. The summed E-state index contributed by atoms with van der Waals surface area (Å²) in [5.41, 5.74) is 0. The van der Waals surface area contributed by atoms with Gasteiger partial charge in [0.25, 0.3) is 0 Å². The molecule has 2 rings (SSSR count). The minimum Gasteiger partial charge on any atom is -0.358 e. The molecule has 1 heterocycles. The lowest BCUT2D eigenvalue weighted by Crippen LogP contribution is -2.14. The van der Waals surface area contributed by atoms with Gasteiger partial charge >= 0.3 is 0 Å². The molecule has 78 valence electrons. The summed E-state index contributed by atoms with van der Waals surface area (Å²) in [6.45, 7) is 4.25. The van der Waals surface area contributed by atoms with Crippen molar-refractivity contribution in [3.8, 4) is 0 Å². The SMILES string of the molecule is CC(C)c1nsc(NC2CCCC2)n1. The highest BCUT2D eigenvalue weighted by atomic mass is 32.1. The van der Waals surface area contributed by atoms with E-state index >= 15 is 0 Å². The Labute approximate surface area is 89.1 Å². The molecule has 4 heteroatoms. The third-order valence-electron chi connectivity index (χ3n) is 2.64. The molecule has 0 aliphatic heterocycles. The maximum atomic E-state index is 4.47. The first-order chi connectivity index (χ1) is 6.75. The summed E-state index contributed by atoms with van der Waals surface area (Å²) in [4.78, 5) is 4.47. The fourth-order valence-electron chi connectivity index (χ4n) is 1.77. The Balaban J connectivity index is 1.95. The van der Waals surface area contributed by atoms with Gasteiger partial charge in [-0.2, -0.15) is 4.37 Å². The van der Waals surface area contributed by atoms with Crippen molar-refractivity contribution in [2.24, 2.45) is 0 Å². The van der Waals surface area contributed by atoms with Crippen LogP contribution in [0.1, 0.15) is 51.3 Å². The van der Waals surface area contributed by atoms with E-state index in [0.717, 1.165) is 11.0 Å².